The van der Waals surface area contributed by atoms with Gasteiger partial charge in [0.1, 0.15) is 0 Å². The summed E-state index contributed by atoms with van der Waals surface area (Å²) in [4.78, 5) is 24.7. The van der Waals surface area contributed by atoms with E-state index < -0.39 is 0 Å². The minimum atomic E-state index is -0.360. The average molecular weight is 483 g/mol. The molecule has 33 heavy (non-hydrogen) atoms. The molecule has 0 saturated carbocycles. The largest absolute Gasteiger partial charge is 0.490 e. The fourth-order valence-corrected chi connectivity index (χ4v) is 3.66. The lowest BCUT2D eigenvalue weighted by molar-refractivity contribution is -0.118. The van der Waals surface area contributed by atoms with Crippen molar-refractivity contribution in [3.63, 3.8) is 0 Å². The van der Waals surface area contributed by atoms with Crippen molar-refractivity contribution >= 4 is 58.0 Å². The smallest absolute Gasteiger partial charge is 0.262 e. The monoisotopic (exact) mass is 482 g/mol. The van der Waals surface area contributed by atoms with Gasteiger partial charge in [-0.1, -0.05) is 47.5 Å². The number of ether oxygens (including phenoxy) is 2. The minimum Gasteiger partial charge on any atom is -0.490 e. The van der Waals surface area contributed by atoms with Crippen LogP contribution in [0, 0.1) is 0 Å². The predicted molar refractivity (Wildman–Crippen MR) is 131 cm³/mol. The molecule has 0 bridgehead atoms. The minimum absolute atomic E-state index is 0.159. The van der Waals surface area contributed by atoms with Gasteiger partial charge in [-0.15, -0.1) is 0 Å². The molecule has 0 aliphatic carbocycles. The molecule has 0 fully saturated rings. The molecule has 0 aromatic heterocycles. The number of hydrogen-bond acceptors (Lipinski definition) is 4. The van der Waals surface area contributed by atoms with Crippen molar-refractivity contribution in [1.82, 2.24) is 0 Å². The van der Waals surface area contributed by atoms with Crippen LogP contribution in [-0.2, 0) is 9.59 Å². The van der Waals surface area contributed by atoms with E-state index in [1.165, 1.54) is 0 Å². The molecule has 1 heterocycles. The number of carbonyl (C=O) groups is 2. The van der Waals surface area contributed by atoms with E-state index in [0.29, 0.717) is 39.4 Å². The van der Waals surface area contributed by atoms with Gasteiger partial charge in [0.2, 0.25) is 0 Å². The van der Waals surface area contributed by atoms with Crippen LogP contribution in [0.3, 0.4) is 0 Å². The molecule has 168 valence electrons. The number of halogens is 2. The van der Waals surface area contributed by atoms with E-state index >= 15 is 0 Å². The maximum Gasteiger partial charge on any atom is 0.262 e. The topological polar surface area (TPSA) is 76.7 Å². The maximum atomic E-state index is 12.4. The van der Waals surface area contributed by atoms with Crippen molar-refractivity contribution in [2.75, 3.05) is 23.8 Å². The zero-order valence-corrected chi connectivity index (χ0v) is 19.2. The highest BCUT2D eigenvalue weighted by atomic mass is 35.5. The van der Waals surface area contributed by atoms with Crippen LogP contribution in [0.1, 0.15) is 18.1 Å². The molecule has 0 radical (unpaired) electrons. The van der Waals surface area contributed by atoms with E-state index in [0.717, 1.165) is 16.8 Å². The van der Waals surface area contributed by atoms with Crippen LogP contribution in [0.25, 0.3) is 11.6 Å². The van der Waals surface area contributed by atoms with Crippen LogP contribution in [0.5, 0.6) is 11.5 Å². The van der Waals surface area contributed by atoms with E-state index in [1.807, 2.05) is 31.2 Å². The molecular formula is C25H20Cl2N2O4. The molecule has 3 aromatic rings. The van der Waals surface area contributed by atoms with E-state index in [4.69, 9.17) is 32.7 Å². The van der Waals surface area contributed by atoms with Gasteiger partial charge in [0.05, 0.1) is 16.7 Å². The lowest BCUT2D eigenvalue weighted by Gasteiger charge is -2.13. The van der Waals surface area contributed by atoms with Crippen LogP contribution in [0.2, 0.25) is 10.0 Å². The van der Waals surface area contributed by atoms with Gasteiger partial charge in [-0.25, -0.2) is 0 Å². The highest BCUT2D eigenvalue weighted by molar-refractivity contribution is 6.42. The van der Waals surface area contributed by atoms with E-state index in [1.54, 1.807) is 42.5 Å². The third kappa shape index (κ3) is 5.30. The molecule has 1 aliphatic heterocycles. The van der Waals surface area contributed by atoms with Crippen molar-refractivity contribution in [2.45, 2.75) is 6.92 Å². The number of fused-ring (bicyclic) bond motifs is 1. The first-order valence-corrected chi connectivity index (χ1v) is 11.0. The van der Waals surface area contributed by atoms with E-state index in [2.05, 4.69) is 10.6 Å². The molecule has 0 atom stereocenters. The summed E-state index contributed by atoms with van der Waals surface area (Å²) in [5, 5.41) is 6.31. The molecule has 1 aliphatic rings. The summed E-state index contributed by atoms with van der Waals surface area (Å²) in [6.07, 6.45) is 1.80. The Bertz CT molecular complexity index is 1260. The molecule has 4 rings (SSSR count). The Labute approximate surface area is 201 Å². The number of rotatable bonds is 7. The number of para-hydroxylation sites is 1. The molecule has 2 amide bonds. The Balaban J connectivity index is 1.49. The SMILES string of the molecule is CCOc1cc(/C=C2\C(=O)Nc3ccccc32)ccc1OCC(=O)Nc1ccc(Cl)c(Cl)c1. The summed E-state index contributed by atoms with van der Waals surface area (Å²) < 4.78 is 11.4. The molecule has 0 spiro atoms. The standard InChI is InChI=1S/C25H20Cl2N2O4/c1-2-32-23-12-15(11-18-17-5-3-4-6-21(17)29-25(18)31)7-10-22(23)33-14-24(30)28-16-8-9-19(26)20(27)13-16/h3-13H,2,14H2,1H3,(H,28,30)(H,29,31)/b18-11-. The number of carbonyl (C=O) groups excluding carboxylic acids is 2. The first kappa shape index (κ1) is 22.7. The van der Waals surface area contributed by atoms with Gasteiger partial charge in [0.25, 0.3) is 11.8 Å². The van der Waals surface area contributed by atoms with E-state index in [9.17, 15) is 9.59 Å². The lowest BCUT2D eigenvalue weighted by Crippen LogP contribution is -2.20. The quantitative estimate of drug-likeness (QED) is 0.410. The summed E-state index contributed by atoms with van der Waals surface area (Å²) >= 11 is 11.9. The summed E-state index contributed by atoms with van der Waals surface area (Å²) in [6, 6.07) is 17.6. The first-order chi connectivity index (χ1) is 15.9. The molecule has 0 unspecified atom stereocenters. The van der Waals surface area contributed by atoms with Gasteiger partial charge in [-0.2, -0.15) is 0 Å². The number of benzene rings is 3. The molecule has 0 saturated heterocycles. The van der Waals surface area contributed by atoms with Crippen molar-refractivity contribution in [3.8, 4) is 11.5 Å². The highest BCUT2D eigenvalue weighted by Crippen LogP contribution is 2.35. The molecule has 6 nitrogen and oxygen atoms in total. The number of amides is 2. The van der Waals surface area contributed by atoms with Crippen LogP contribution in [0.4, 0.5) is 11.4 Å². The summed E-state index contributed by atoms with van der Waals surface area (Å²) in [6.45, 7) is 2.04. The lowest BCUT2D eigenvalue weighted by atomic mass is 10.0. The van der Waals surface area contributed by atoms with Crippen LogP contribution in [-0.4, -0.2) is 25.0 Å². The summed E-state index contributed by atoms with van der Waals surface area (Å²) in [7, 11) is 0. The Morgan fingerprint density at radius 1 is 1.00 bits per heavy atom. The van der Waals surface area contributed by atoms with E-state index in [-0.39, 0.29) is 18.4 Å². The zero-order chi connectivity index (χ0) is 23.4. The predicted octanol–water partition coefficient (Wildman–Crippen LogP) is 5.90. The number of anilines is 2. The molecular weight excluding hydrogens is 463 g/mol. The van der Waals surface area contributed by atoms with Gasteiger partial charge in [-0.3, -0.25) is 9.59 Å². The van der Waals surface area contributed by atoms with Crippen LogP contribution >= 0.6 is 23.2 Å². The first-order valence-electron chi connectivity index (χ1n) is 10.2. The Hall–Kier alpha value is -3.48. The van der Waals surface area contributed by atoms with Gasteiger partial charge < -0.3 is 20.1 Å². The van der Waals surface area contributed by atoms with Gasteiger partial charge in [0.15, 0.2) is 18.1 Å². The summed E-state index contributed by atoms with van der Waals surface area (Å²) in [5.41, 5.74) is 3.49. The van der Waals surface area contributed by atoms with Crippen molar-refractivity contribution in [1.29, 1.82) is 0 Å². The summed E-state index contributed by atoms with van der Waals surface area (Å²) in [5.74, 6) is 0.371. The fraction of sp³-hybridized carbons (Fsp3) is 0.120. The van der Waals surface area contributed by atoms with Crippen molar-refractivity contribution in [2.24, 2.45) is 0 Å². The average Bonchev–Trinajstić information content (AvgIpc) is 3.11. The second-order valence-corrected chi connectivity index (χ2v) is 7.98. The Morgan fingerprint density at radius 2 is 1.82 bits per heavy atom. The van der Waals surface area contributed by atoms with Gasteiger partial charge in [-0.05, 0) is 55.0 Å². The fourth-order valence-electron chi connectivity index (χ4n) is 3.37. The normalized spacial score (nSPS) is 13.4. The van der Waals surface area contributed by atoms with Crippen LogP contribution in [0.15, 0.2) is 60.7 Å². The maximum absolute atomic E-state index is 12.4. The zero-order valence-electron chi connectivity index (χ0n) is 17.7. The van der Waals surface area contributed by atoms with Gasteiger partial charge >= 0.3 is 0 Å². The number of hydrogen-bond donors (Lipinski definition) is 2. The third-order valence-electron chi connectivity index (χ3n) is 4.85. The van der Waals surface area contributed by atoms with Crippen LogP contribution < -0.4 is 20.1 Å². The molecule has 2 N–H and O–H groups in total. The Kier molecular flexibility index (Phi) is 6.87. The third-order valence-corrected chi connectivity index (χ3v) is 5.59. The molecule has 8 heteroatoms. The Morgan fingerprint density at radius 3 is 2.61 bits per heavy atom. The highest BCUT2D eigenvalue weighted by Gasteiger charge is 2.23. The second-order valence-electron chi connectivity index (χ2n) is 7.16. The number of nitrogens with one attached hydrogen (secondary N) is 2. The second kappa shape index (κ2) is 9.98. The van der Waals surface area contributed by atoms with Crippen molar-refractivity contribution < 1.29 is 19.1 Å². The van der Waals surface area contributed by atoms with Gasteiger partial charge in [0, 0.05) is 22.5 Å². The molecule has 3 aromatic carbocycles. The van der Waals surface area contributed by atoms with Crippen molar-refractivity contribution in [3.05, 3.63) is 81.8 Å².